The fourth-order valence-electron chi connectivity index (χ4n) is 1.92. The van der Waals surface area contributed by atoms with Crippen LogP contribution in [0.3, 0.4) is 0 Å². The molecule has 1 fully saturated rings. The van der Waals surface area contributed by atoms with Crippen molar-refractivity contribution in [3.05, 3.63) is 29.8 Å². The van der Waals surface area contributed by atoms with E-state index in [0.29, 0.717) is 5.75 Å². The zero-order chi connectivity index (χ0) is 13.1. The molecule has 1 aliphatic heterocycles. The Bertz CT molecular complexity index is 428. The van der Waals surface area contributed by atoms with Gasteiger partial charge in [-0.3, -0.25) is 4.79 Å². The van der Waals surface area contributed by atoms with E-state index in [2.05, 4.69) is 0 Å². The van der Waals surface area contributed by atoms with Crippen molar-refractivity contribution < 1.29 is 15.0 Å². The maximum Gasteiger partial charge on any atom is 0.233 e. The Hall–Kier alpha value is -1.04. The summed E-state index contributed by atoms with van der Waals surface area (Å²) in [6.45, 7) is 2.47. The van der Waals surface area contributed by atoms with E-state index in [4.69, 9.17) is 0 Å². The Morgan fingerprint density at radius 1 is 1.33 bits per heavy atom. The van der Waals surface area contributed by atoms with Crippen LogP contribution in [0.25, 0.3) is 0 Å². The first-order valence-electron chi connectivity index (χ1n) is 5.90. The van der Waals surface area contributed by atoms with Crippen LogP contribution in [0.5, 0.6) is 0 Å². The lowest BCUT2D eigenvalue weighted by atomic mass is 10.2. The van der Waals surface area contributed by atoms with Crippen molar-refractivity contribution in [2.75, 3.05) is 18.8 Å². The van der Waals surface area contributed by atoms with Crippen molar-refractivity contribution in [2.45, 2.75) is 24.0 Å². The van der Waals surface area contributed by atoms with E-state index < -0.39 is 12.2 Å². The number of benzene rings is 1. The van der Waals surface area contributed by atoms with Gasteiger partial charge in [0.25, 0.3) is 0 Å². The van der Waals surface area contributed by atoms with Gasteiger partial charge in [0.2, 0.25) is 5.91 Å². The normalized spacial score (nSPS) is 23.4. The Morgan fingerprint density at radius 3 is 2.56 bits per heavy atom. The summed E-state index contributed by atoms with van der Waals surface area (Å²) in [5.74, 6) is 0.295. The standard InChI is InChI=1S/C13H17NO3S/c1-9-4-2-3-5-12(9)18-8-13(17)14-6-10(15)11(16)7-14/h2-5,10-11,15-16H,6-8H2,1H3. The number of aliphatic hydroxyl groups excluding tert-OH is 2. The SMILES string of the molecule is Cc1ccccc1SCC(=O)N1CC(O)C(O)C1. The minimum atomic E-state index is -0.808. The molecule has 2 unspecified atom stereocenters. The molecule has 1 aliphatic rings. The average Bonchev–Trinajstić information content (AvgIpc) is 2.68. The van der Waals surface area contributed by atoms with Gasteiger partial charge in [0.05, 0.1) is 18.0 Å². The summed E-state index contributed by atoms with van der Waals surface area (Å²) in [6.07, 6.45) is -1.62. The molecule has 98 valence electrons. The number of carbonyl (C=O) groups excluding carboxylic acids is 1. The van der Waals surface area contributed by atoms with Gasteiger partial charge in [0, 0.05) is 18.0 Å². The molecule has 2 rings (SSSR count). The predicted molar refractivity (Wildman–Crippen MR) is 70.5 cm³/mol. The first-order chi connectivity index (χ1) is 8.58. The Kier molecular flexibility index (Phi) is 4.27. The number of hydrogen-bond donors (Lipinski definition) is 2. The molecule has 0 bridgehead atoms. The smallest absolute Gasteiger partial charge is 0.233 e. The number of β-amino-alcohol motifs (C(OH)–C–C–N with tert-alkyl or cyclic N) is 2. The number of aliphatic hydroxyl groups is 2. The van der Waals surface area contributed by atoms with E-state index in [9.17, 15) is 15.0 Å². The number of likely N-dealkylation sites (tertiary alicyclic amines) is 1. The number of amides is 1. The van der Waals surface area contributed by atoms with Crippen LogP contribution in [0.1, 0.15) is 5.56 Å². The lowest BCUT2D eigenvalue weighted by molar-refractivity contribution is -0.127. The summed E-state index contributed by atoms with van der Waals surface area (Å²) >= 11 is 1.49. The molecule has 1 amide bonds. The minimum Gasteiger partial charge on any atom is -0.388 e. The highest BCUT2D eigenvalue weighted by Gasteiger charge is 2.32. The van der Waals surface area contributed by atoms with Crippen molar-refractivity contribution in [2.24, 2.45) is 0 Å². The summed E-state index contributed by atoms with van der Waals surface area (Å²) in [5, 5.41) is 18.8. The summed E-state index contributed by atoms with van der Waals surface area (Å²) in [7, 11) is 0. The zero-order valence-electron chi connectivity index (χ0n) is 10.2. The molecule has 1 aromatic carbocycles. The second-order valence-corrected chi connectivity index (χ2v) is 5.50. The first kappa shape index (κ1) is 13.4. The average molecular weight is 267 g/mol. The second kappa shape index (κ2) is 5.73. The van der Waals surface area contributed by atoms with Gasteiger partial charge in [0.1, 0.15) is 0 Å². The van der Waals surface area contributed by atoms with Crippen molar-refractivity contribution in [3.63, 3.8) is 0 Å². The van der Waals surface area contributed by atoms with Gasteiger partial charge in [0.15, 0.2) is 0 Å². The molecule has 5 heteroatoms. The molecule has 1 heterocycles. The number of nitrogens with zero attached hydrogens (tertiary/aromatic N) is 1. The van der Waals surface area contributed by atoms with Crippen molar-refractivity contribution in [1.29, 1.82) is 0 Å². The molecule has 0 radical (unpaired) electrons. The third-order valence-electron chi connectivity index (χ3n) is 3.06. The maximum atomic E-state index is 11.9. The molecule has 0 spiro atoms. The molecule has 1 aromatic rings. The maximum absolute atomic E-state index is 11.9. The van der Waals surface area contributed by atoms with E-state index in [1.807, 2.05) is 31.2 Å². The summed E-state index contributed by atoms with van der Waals surface area (Å²) in [6, 6.07) is 7.91. The van der Waals surface area contributed by atoms with E-state index in [0.717, 1.165) is 10.5 Å². The summed E-state index contributed by atoms with van der Waals surface area (Å²) in [5.41, 5.74) is 1.15. The van der Waals surface area contributed by atoms with Gasteiger partial charge in [-0.1, -0.05) is 18.2 Å². The highest BCUT2D eigenvalue weighted by atomic mass is 32.2. The van der Waals surface area contributed by atoms with E-state index in [1.165, 1.54) is 16.7 Å². The topological polar surface area (TPSA) is 60.8 Å². The zero-order valence-corrected chi connectivity index (χ0v) is 11.1. The van der Waals surface area contributed by atoms with Gasteiger partial charge in [-0.15, -0.1) is 11.8 Å². The minimum absolute atomic E-state index is 0.0427. The monoisotopic (exact) mass is 267 g/mol. The largest absolute Gasteiger partial charge is 0.388 e. The van der Waals surface area contributed by atoms with Gasteiger partial charge < -0.3 is 15.1 Å². The molecule has 2 atom stereocenters. The summed E-state index contributed by atoms with van der Waals surface area (Å²) < 4.78 is 0. The van der Waals surface area contributed by atoms with Crippen LogP contribution in [-0.4, -0.2) is 52.1 Å². The first-order valence-corrected chi connectivity index (χ1v) is 6.89. The fraction of sp³-hybridized carbons (Fsp3) is 0.462. The number of rotatable bonds is 3. The molecular weight excluding hydrogens is 250 g/mol. The Labute approximate surface area is 111 Å². The third-order valence-corrected chi connectivity index (χ3v) is 4.22. The lowest BCUT2D eigenvalue weighted by Gasteiger charge is -2.15. The van der Waals surface area contributed by atoms with Gasteiger partial charge >= 0.3 is 0 Å². The fourth-order valence-corrected chi connectivity index (χ4v) is 2.85. The molecule has 4 nitrogen and oxygen atoms in total. The van der Waals surface area contributed by atoms with Gasteiger partial charge in [-0.25, -0.2) is 0 Å². The van der Waals surface area contributed by atoms with Crippen molar-refractivity contribution in [3.8, 4) is 0 Å². The molecule has 0 aliphatic carbocycles. The Balaban J connectivity index is 1.88. The van der Waals surface area contributed by atoms with Crippen LogP contribution in [0.4, 0.5) is 0 Å². The quantitative estimate of drug-likeness (QED) is 0.790. The highest BCUT2D eigenvalue weighted by Crippen LogP contribution is 2.22. The Morgan fingerprint density at radius 2 is 1.94 bits per heavy atom. The van der Waals surface area contributed by atoms with Crippen LogP contribution < -0.4 is 0 Å². The van der Waals surface area contributed by atoms with Gasteiger partial charge in [-0.2, -0.15) is 0 Å². The molecule has 0 aromatic heterocycles. The number of hydrogen-bond acceptors (Lipinski definition) is 4. The number of thioether (sulfide) groups is 1. The molecule has 2 N–H and O–H groups in total. The molecule has 1 saturated heterocycles. The van der Waals surface area contributed by atoms with Crippen LogP contribution in [0.2, 0.25) is 0 Å². The third kappa shape index (κ3) is 3.04. The molecule has 18 heavy (non-hydrogen) atoms. The van der Waals surface area contributed by atoms with Crippen molar-refractivity contribution in [1.82, 2.24) is 4.90 Å². The molecular formula is C13H17NO3S. The van der Waals surface area contributed by atoms with E-state index >= 15 is 0 Å². The summed E-state index contributed by atoms with van der Waals surface area (Å²) in [4.78, 5) is 14.5. The van der Waals surface area contributed by atoms with Crippen molar-refractivity contribution >= 4 is 17.7 Å². The van der Waals surface area contributed by atoms with E-state index in [-0.39, 0.29) is 19.0 Å². The second-order valence-electron chi connectivity index (χ2n) is 4.49. The number of aryl methyl sites for hydroxylation is 1. The van der Waals surface area contributed by atoms with Crippen LogP contribution in [0, 0.1) is 6.92 Å². The highest BCUT2D eigenvalue weighted by molar-refractivity contribution is 8.00. The van der Waals surface area contributed by atoms with Crippen LogP contribution in [-0.2, 0) is 4.79 Å². The van der Waals surface area contributed by atoms with Gasteiger partial charge in [-0.05, 0) is 18.6 Å². The van der Waals surface area contributed by atoms with Crippen LogP contribution in [0.15, 0.2) is 29.2 Å². The number of carbonyl (C=O) groups is 1. The lowest BCUT2D eigenvalue weighted by Crippen LogP contribution is -2.31. The predicted octanol–water partition coefficient (Wildman–Crippen LogP) is 0.651. The molecule has 0 saturated carbocycles. The van der Waals surface area contributed by atoms with E-state index in [1.54, 1.807) is 0 Å². The van der Waals surface area contributed by atoms with Crippen LogP contribution >= 0.6 is 11.8 Å².